The zero-order valence-corrected chi connectivity index (χ0v) is 10.5. The van der Waals surface area contributed by atoms with Crippen molar-refractivity contribution in [2.75, 3.05) is 12.4 Å². The molecule has 0 saturated carbocycles. The van der Waals surface area contributed by atoms with Crippen LogP contribution in [0.15, 0.2) is 24.3 Å². The van der Waals surface area contributed by atoms with Crippen molar-refractivity contribution in [2.24, 2.45) is 0 Å². The Bertz CT molecular complexity index is 409. The SMILES string of the molecule is O=C(CCCl)NC(=O)NCCc1ccc(F)cc1. The van der Waals surface area contributed by atoms with Gasteiger partial charge in [0.25, 0.3) is 0 Å². The Morgan fingerprint density at radius 2 is 1.89 bits per heavy atom. The maximum Gasteiger partial charge on any atom is 0.321 e. The molecular formula is C12H14ClFN2O2. The van der Waals surface area contributed by atoms with Crippen molar-refractivity contribution in [1.82, 2.24) is 10.6 Å². The van der Waals surface area contributed by atoms with Gasteiger partial charge in [-0.15, -0.1) is 11.6 Å². The number of amides is 3. The Balaban J connectivity index is 2.23. The van der Waals surface area contributed by atoms with Gasteiger partial charge >= 0.3 is 6.03 Å². The summed E-state index contributed by atoms with van der Waals surface area (Å²) in [6.45, 7) is 0.367. The summed E-state index contributed by atoms with van der Waals surface area (Å²) in [4.78, 5) is 22.3. The molecule has 0 aliphatic carbocycles. The number of benzene rings is 1. The van der Waals surface area contributed by atoms with Crippen LogP contribution in [0.3, 0.4) is 0 Å². The Kier molecular flexibility index (Phi) is 6.14. The van der Waals surface area contributed by atoms with E-state index in [0.717, 1.165) is 5.56 Å². The number of rotatable bonds is 5. The molecule has 98 valence electrons. The van der Waals surface area contributed by atoms with Crippen LogP contribution in [-0.4, -0.2) is 24.4 Å². The molecule has 1 aromatic carbocycles. The molecule has 1 aromatic rings. The van der Waals surface area contributed by atoms with Crippen molar-refractivity contribution in [3.63, 3.8) is 0 Å². The first-order valence-electron chi connectivity index (χ1n) is 5.50. The number of carbonyl (C=O) groups excluding carboxylic acids is 2. The molecule has 2 N–H and O–H groups in total. The van der Waals surface area contributed by atoms with Gasteiger partial charge in [0, 0.05) is 18.8 Å². The maximum atomic E-state index is 12.6. The van der Waals surface area contributed by atoms with E-state index in [-0.39, 0.29) is 18.1 Å². The highest BCUT2D eigenvalue weighted by molar-refractivity contribution is 6.19. The molecule has 0 bridgehead atoms. The predicted molar refractivity (Wildman–Crippen MR) is 67.0 cm³/mol. The topological polar surface area (TPSA) is 58.2 Å². The second-order valence-corrected chi connectivity index (χ2v) is 4.00. The van der Waals surface area contributed by atoms with Gasteiger partial charge in [0.05, 0.1) is 0 Å². The molecule has 0 aliphatic heterocycles. The number of halogens is 2. The summed E-state index contributed by atoms with van der Waals surface area (Å²) in [6, 6.07) is 5.46. The molecule has 0 heterocycles. The number of nitrogens with one attached hydrogen (secondary N) is 2. The molecule has 0 fully saturated rings. The summed E-state index contributed by atoms with van der Waals surface area (Å²) in [5.41, 5.74) is 0.906. The smallest absolute Gasteiger partial charge is 0.321 e. The fraction of sp³-hybridized carbons (Fsp3) is 0.333. The van der Waals surface area contributed by atoms with Crippen LogP contribution in [0.1, 0.15) is 12.0 Å². The van der Waals surface area contributed by atoms with Crippen molar-refractivity contribution in [3.05, 3.63) is 35.6 Å². The van der Waals surface area contributed by atoms with E-state index in [2.05, 4.69) is 10.6 Å². The molecule has 0 atom stereocenters. The molecule has 4 nitrogen and oxygen atoms in total. The van der Waals surface area contributed by atoms with Crippen molar-refractivity contribution in [1.29, 1.82) is 0 Å². The molecule has 0 saturated heterocycles. The lowest BCUT2D eigenvalue weighted by molar-refractivity contribution is -0.119. The summed E-state index contributed by atoms with van der Waals surface area (Å²) >= 11 is 5.35. The maximum absolute atomic E-state index is 12.6. The summed E-state index contributed by atoms with van der Waals surface area (Å²) < 4.78 is 12.6. The van der Waals surface area contributed by atoms with Crippen LogP contribution in [0, 0.1) is 5.82 Å². The number of carbonyl (C=O) groups is 2. The predicted octanol–water partition coefficient (Wildman–Crippen LogP) is 1.82. The van der Waals surface area contributed by atoms with E-state index in [1.54, 1.807) is 12.1 Å². The lowest BCUT2D eigenvalue weighted by Gasteiger charge is -2.06. The molecule has 1 rings (SSSR count). The van der Waals surface area contributed by atoms with Gasteiger partial charge < -0.3 is 5.32 Å². The lowest BCUT2D eigenvalue weighted by Crippen LogP contribution is -2.40. The largest absolute Gasteiger partial charge is 0.337 e. The van der Waals surface area contributed by atoms with Gasteiger partial charge in [0.15, 0.2) is 0 Å². The number of hydrogen-bond acceptors (Lipinski definition) is 2. The Morgan fingerprint density at radius 3 is 2.50 bits per heavy atom. The molecule has 18 heavy (non-hydrogen) atoms. The van der Waals surface area contributed by atoms with E-state index in [1.807, 2.05) is 0 Å². The highest BCUT2D eigenvalue weighted by atomic mass is 35.5. The summed E-state index contributed by atoms with van der Waals surface area (Å²) in [5, 5.41) is 4.67. The number of urea groups is 1. The average molecular weight is 273 g/mol. The third-order valence-corrected chi connectivity index (χ3v) is 2.38. The quantitative estimate of drug-likeness (QED) is 0.804. The fourth-order valence-corrected chi connectivity index (χ4v) is 1.46. The second-order valence-electron chi connectivity index (χ2n) is 3.62. The first kappa shape index (κ1) is 14.4. The molecule has 6 heteroatoms. The normalized spacial score (nSPS) is 9.89. The van der Waals surface area contributed by atoms with Crippen molar-refractivity contribution in [2.45, 2.75) is 12.8 Å². The highest BCUT2D eigenvalue weighted by Gasteiger charge is 2.05. The Morgan fingerprint density at radius 1 is 1.22 bits per heavy atom. The third kappa shape index (κ3) is 5.63. The van der Waals surface area contributed by atoms with Crippen LogP contribution in [0.25, 0.3) is 0 Å². The molecule has 0 unspecified atom stereocenters. The van der Waals surface area contributed by atoms with Crippen molar-refractivity contribution < 1.29 is 14.0 Å². The summed E-state index contributed by atoms with van der Waals surface area (Å²) in [7, 11) is 0. The molecule has 0 aliphatic rings. The molecule has 0 spiro atoms. The molecule has 3 amide bonds. The van der Waals surface area contributed by atoms with E-state index < -0.39 is 11.9 Å². The lowest BCUT2D eigenvalue weighted by atomic mass is 10.1. The van der Waals surface area contributed by atoms with Crippen LogP contribution in [-0.2, 0) is 11.2 Å². The van der Waals surface area contributed by atoms with Gasteiger partial charge in [-0.05, 0) is 24.1 Å². The number of imide groups is 1. The number of alkyl halides is 1. The molecule has 0 aromatic heterocycles. The Labute approximate surface area is 110 Å². The minimum atomic E-state index is -0.549. The highest BCUT2D eigenvalue weighted by Crippen LogP contribution is 2.02. The summed E-state index contributed by atoms with van der Waals surface area (Å²) in [6.07, 6.45) is 0.671. The van der Waals surface area contributed by atoms with Gasteiger partial charge in [-0.25, -0.2) is 9.18 Å². The zero-order chi connectivity index (χ0) is 13.4. The molecule has 0 radical (unpaired) electrons. The van der Waals surface area contributed by atoms with E-state index in [4.69, 9.17) is 11.6 Å². The standard InChI is InChI=1S/C12H14ClFN2O2/c13-7-5-11(17)16-12(18)15-8-6-9-1-3-10(14)4-2-9/h1-4H,5-8H2,(H2,15,16,17,18). The van der Waals surface area contributed by atoms with E-state index in [0.29, 0.717) is 13.0 Å². The van der Waals surface area contributed by atoms with E-state index in [1.165, 1.54) is 12.1 Å². The van der Waals surface area contributed by atoms with Crippen molar-refractivity contribution >= 4 is 23.5 Å². The fourth-order valence-electron chi connectivity index (χ4n) is 1.29. The van der Waals surface area contributed by atoms with Gasteiger partial charge in [-0.1, -0.05) is 12.1 Å². The summed E-state index contributed by atoms with van der Waals surface area (Å²) in [5.74, 6) is -0.533. The minimum absolute atomic E-state index is 0.104. The van der Waals surface area contributed by atoms with Crippen molar-refractivity contribution in [3.8, 4) is 0 Å². The Hall–Kier alpha value is -1.62. The third-order valence-electron chi connectivity index (χ3n) is 2.19. The first-order chi connectivity index (χ1) is 8.61. The van der Waals surface area contributed by atoms with Crippen LogP contribution in [0.2, 0.25) is 0 Å². The van der Waals surface area contributed by atoms with Gasteiger partial charge in [-0.2, -0.15) is 0 Å². The van der Waals surface area contributed by atoms with Crippen LogP contribution >= 0.6 is 11.6 Å². The van der Waals surface area contributed by atoms with Gasteiger partial charge in [0.1, 0.15) is 5.82 Å². The minimum Gasteiger partial charge on any atom is -0.337 e. The first-order valence-corrected chi connectivity index (χ1v) is 6.03. The van der Waals surface area contributed by atoms with Crippen LogP contribution < -0.4 is 10.6 Å². The second kappa shape index (κ2) is 7.66. The number of hydrogen-bond donors (Lipinski definition) is 2. The van der Waals surface area contributed by atoms with Crippen LogP contribution in [0.4, 0.5) is 9.18 Å². The van der Waals surface area contributed by atoms with E-state index in [9.17, 15) is 14.0 Å². The van der Waals surface area contributed by atoms with Gasteiger partial charge in [-0.3, -0.25) is 10.1 Å². The molecular weight excluding hydrogens is 259 g/mol. The average Bonchev–Trinajstić information content (AvgIpc) is 2.32. The zero-order valence-electron chi connectivity index (χ0n) is 9.71. The van der Waals surface area contributed by atoms with E-state index >= 15 is 0 Å². The van der Waals surface area contributed by atoms with Crippen LogP contribution in [0.5, 0.6) is 0 Å². The van der Waals surface area contributed by atoms with Gasteiger partial charge in [0.2, 0.25) is 5.91 Å². The monoisotopic (exact) mass is 272 g/mol.